The van der Waals surface area contributed by atoms with Gasteiger partial charge in [-0.1, -0.05) is 6.07 Å². The molecule has 1 aromatic carbocycles. The fourth-order valence-corrected chi connectivity index (χ4v) is 2.74. The number of rotatable bonds is 4. The summed E-state index contributed by atoms with van der Waals surface area (Å²) in [5.41, 5.74) is 2.17. The molecule has 8 heteroatoms. The van der Waals surface area contributed by atoms with Gasteiger partial charge in [0.25, 0.3) is 0 Å². The Morgan fingerprint density at radius 3 is 2.38 bits per heavy atom. The number of primary sulfonamides is 1. The summed E-state index contributed by atoms with van der Waals surface area (Å²) in [5, 5.41) is 9.40. The summed E-state index contributed by atoms with van der Waals surface area (Å²) in [6.07, 6.45) is 1.64. The molecule has 3 rings (SSSR count). The molecule has 2 N–H and O–H groups in total. The minimum atomic E-state index is -3.77. The van der Waals surface area contributed by atoms with Crippen LogP contribution in [-0.2, 0) is 10.0 Å². The highest BCUT2D eigenvalue weighted by Gasteiger charge is 2.16. The second kappa shape index (κ2) is 5.99. The van der Waals surface area contributed by atoms with Gasteiger partial charge in [0.1, 0.15) is 5.69 Å². The van der Waals surface area contributed by atoms with Gasteiger partial charge in [-0.15, -0.1) is 0 Å². The van der Waals surface area contributed by atoms with Crippen molar-refractivity contribution in [2.75, 3.05) is 0 Å². The van der Waals surface area contributed by atoms with Gasteiger partial charge in [-0.05, 0) is 42.5 Å². The number of ketones is 1. The molecular weight excluding hydrogens is 328 g/mol. The van der Waals surface area contributed by atoms with Crippen LogP contribution in [0.2, 0.25) is 0 Å². The van der Waals surface area contributed by atoms with E-state index >= 15 is 0 Å². The van der Waals surface area contributed by atoms with Crippen LogP contribution >= 0.6 is 0 Å². The molecule has 122 valence electrons. The lowest BCUT2D eigenvalue weighted by Gasteiger charge is -2.07. The molecule has 0 fully saturated rings. The maximum absolute atomic E-state index is 11.7. The van der Waals surface area contributed by atoms with Gasteiger partial charge in [-0.2, -0.15) is 5.10 Å². The quantitative estimate of drug-likeness (QED) is 0.727. The van der Waals surface area contributed by atoms with E-state index in [2.05, 4.69) is 10.1 Å². The average Bonchev–Trinajstić information content (AvgIpc) is 3.00. The van der Waals surface area contributed by atoms with Crippen molar-refractivity contribution >= 4 is 15.8 Å². The summed E-state index contributed by atoms with van der Waals surface area (Å²) in [6, 6.07) is 13.0. The molecule has 2 heterocycles. The molecule has 0 amide bonds. The second-order valence-electron chi connectivity index (χ2n) is 5.14. The van der Waals surface area contributed by atoms with Crippen LogP contribution in [-0.4, -0.2) is 29.0 Å². The third-order valence-electron chi connectivity index (χ3n) is 3.41. The second-order valence-corrected chi connectivity index (χ2v) is 6.70. The summed E-state index contributed by atoms with van der Waals surface area (Å²) >= 11 is 0. The van der Waals surface area contributed by atoms with Crippen LogP contribution in [0.3, 0.4) is 0 Å². The Kier molecular flexibility index (Phi) is 4.00. The van der Waals surface area contributed by atoms with E-state index in [1.54, 1.807) is 41.2 Å². The number of carbonyl (C=O) groups excluding carboxylic acids is 1. The van der Waals surface area contributed by atoms with Crippen LogP contribution in [0, 0.1) is 0 Å². The Hall–Kier alpha value is -2.84. The van der Waals surface area contributed by atoms with E-state index in [4.69, 9.17) is 5.14 Å². The van der Waals surface area contributed by atoms with E-state index in [0.29, 0.717) is 22.8 Å². The van der Waals surface area contributed by atoms with Crippen molar-refractivity contribution in [3.63, 3.8) is 0 Å². The molecule has 2 aromatic heterocycles. The number of Topliss-reactive ketones (excluding diaryl/α,β-unsaturated/α-hetero) is 1. The zero-order valence-electron chi connectivity index (χ0n) is 12.7. The van der Waals surface area contributed by atoms with Crippen LogP contribution in [0.5, 0.6) is 0 Å². The number of nitrogens with two attached hydrogens (primary N) is 1. The average molecular weight is 342 g/mol. The molecule has 0 spiro atoms. The number of hydrogen-bond acceptors (Lipinski definition) is 5. The van der Waals surface area contributed by atoms with Crippen molar-refractivity contribution in [2.45, 2.75) is 11.8 Å². The number of benzene rings is 1. The summed E-state index contributed by atoms with van der Waals surface area (Å²) < 4.78 is 24.3. The van der Waals surface area contributed by atoms with Crippen LogP contribution in [0.25, 0.3) is 17.1 Å². The standard InChI is InChI=1S/C16H14N4O3S/c1-11(21)15-10-16(14-4-2-3-9-18-14)20(19-15)12-5-7-13(8-6-12)24(17,22)23/h2-10H,1H3,(H2,17,22,23). The topological polar surface area (TPSA) is 108 Å². The van der Waals surface area contributed by atoms with E-state index in [9.17, 15) is 13.2 Å². The van der Waals surface area contributed by atoms with Gasteiger partial charge in [0.15, 0.2) is 5.78 Å². The molecule has 0 unspecified atom stereocenters. The number of carbonyl (C=O) groups is 1. The van der Waals surface area contributed by atoms with Crippen LogP contribution < -0.4 is 5.14 Å². The summed E-state index contributed by atoms with van der Waals surface area (Å²) in [7, 11) is -3.77. The van der Waals surface area contributed by atoms with Crippen molar-refractivity contribution in [3.05, 3.63) is 60.4 Å². The highest BCUT2D eigenvalue weighted by atomic mass is 32.2. The van der Waals surface area contributed by atoms with Crippen molar-refractivity contribution in [1.29, 1.82) is 0 Å². The highest BCUT2D eigenvalue weighted by Crippen LogP contribution is 2.23. The normalized spacial score (nSPS) is 11.4. The smallest absolute Gasteiger partial charge is 0.238 e. The molecule has 7 nitrogen and oxygen atoms in total. The lowest BCUT2D eigenvalue weighted by molar-refractivity contribution is 0.101. The number of hydrogen-bond donors (Lipinski definition) is 1. The molecule has 0 atom stereocenters. The van der Waals surface area contributed by atoms with Gasteiger partial charge in [0, 0.05) is 13.1 Å². The molecule has 0 saturated heterocycles. The van der Waals surface area contributed by atoms with Crippen LogP contribution in [0.1, 0.15) is 17.4 Å². The van der Waals surface area contributed by atoms with Crippen LogP contribution in [0.15, 0.2) is 59.6 Å². The lowest BCUT2D eigenvalue weighted by atomic mass is 10.2. The Labute approximate surface area is 138 Å². The first-order valence-electron chi connectivity index (χ1n) is 7.02. The minimum absolute atomic E-state index is 0.00424. The van der Waals surface area contributed by atoms with E-state index in [-0.39, 0.29) is 10.7 Å². The summed E-state index contributed by atoms with van der Waals surface area (Å²) in [6.45, 7) is 1.43. The maximum Gasteiger partial charge on any atom is 0.238 e. The van der Waals surface area contributed by atoms with Gasteiger partial charge in [0.05, 0.1) is 22.0 Å². The molecular formula is C16H14N4O3S. The summed E-state index contributed by atoms with van der Waals surface area (Å²) in [5.74, 6) is -0.174. The predicted octanol–water partition coefficient (Wildman–Crippen LogP) is 1.78. The fourth-order valence-electron chi connectivity index (χ4n) is 2.22. The Morgan fingerprint density at radius 2 is 1.83 bits per heavy atom. The first kappa shape index (κ1) is 16.0. The van der Waals surface area contributed by atoms with Gasteiger partial charge >= 0.3 is 0 Å². The fraction of sp³-hybridized carbons (Fsp3) is 0.0625. The SMILES string of the molecule is CC(=O)c1cc(-c2ccccn2)n(-c2ccc(S(N)(=O)=O)cc2)n1. The van der Waals surface area contributed by atoms with Crippen molar-refractivity contribution in [3.8, 4) is 17.1 Å². The minimum Gasteiger partial charge on any atom is -0.293 e. The predicted molar refractivity (Wildman–Crippen MR) is 88.2 cm³/mol. The molecule has 0 bridgehead atoms. The number of pyridine rings is 1. The Bertz CT molecular complexity index is 994. The monoisotopic (exact) mass is 342 g/mol. The van der Waals surface area contributed by atoms with Crippen molar-refractivity contribution < 1.29 is 13.2 Å². The van der Waals surface area contributed by atoms with E-state index < -0.39 is 10.0 Å². The van der Waals surface area contributed by atoms with Gasteiger partial charge < -0.3 is 0 Å². The van der Waals surface area contributed by atoms with E-state index in [1.807, 2.05) is 6.07 Å². The van der Waals surface area contributed by atoms with Crippen molar-refractivity contribution in [1.82, 2.24) is 14.8 Å². The van der Waals surface area contributed by atoms with Gasteiger partial charge in [-0.3, -0.25) is 9.78 Å². The largest absolute Gasteiger partial charge is 0.293 e. The zero-order valence-corrected chi connectivity index (χ0v) is 13.6. The zero-order chi connectivity index (χ0) is 17.3. The van der Waals surface area contributed by atoms with Crippen molar-refractivity contribution in [2.24, 2.45) is 5.14 Å². The number of nitrogens with zero attached hydrogens (tertiary/aromatic N) is 3. The third kappa shape index (κ3) is 3.10. The molecule has 0 aliphatic rings. The Morgan fingerprint density at radius 1 is 1.12 bits per heavy atom. The van der Waals surface area contributed by atoms with Crippen LogP contribution in [0.4, 0.5) is 0 Å². The first-order valence-corrected chi connectivity index (χ1v) is 8.56. The van der Waals surface area contributed by atoms with Gasteiger partial charge in [-0.25, -0.2) is 18.2 Å². The molecule has 24 heavy (non-hydrogen) atoms. The molecule has 0 saturated carbocycles. The molecule has 0 aliphatic heterocycles. The number of sulfonamides is 1. The number of aromatic nitrogens is 3. The highest BCUT2D eigenvalue weighted by molar-refractivity contribution is 7.89. The third-order valence-corrected chi connectivity index (χ3v) is 4.34. The Balaban J connectivity index is 2.15. The molecule has 3 aromatic rings. The van der Waals surface area contributed by atoms with Gasteiger partial charge in [0.2, 0.25) is 10.0 Å². The lowest BCUT2D eigenvalue weighted by Crippen LogP contribution is -2.12. The van der Waals surface area contributed by atoms with E-state index in [1.165, 1.54) is 19.1 Å². The maximum atomic E-state index is 11.7. The molecule has 0 radical (unpaired) electrons. The first-order chi connectivity index (χ1) is 11.4. The summed E-state index contributed by atoms with van der Waals surface area (Å²) in [4.78, 5) is 15.9. The molecule has 0 aliphatic carbocycles. The van der Waals surface area contributed by atoms with E-state index in [0.717, 1.165) is 0 Å².